The van der Waals surface area contributed by atoms with Crippen LogP contribution in [0.25, 0.3) is 0 Å². The van der Waals surface area contributed by atoms with Crippen LogP contribution in [0.2, 0.25) is 0 Å². The van der Waals surface area contributed by atoms with Gasteiger partial charge in [-0.15, -0.1) is 0 Å². The van der Waals surface area contributed by atoms with Crippen LogP contribution in [0.3, 0.4) is 0 Å². The molecule has 2 heteroatoms. The van der Waals surface area contributed by atoms with Gasteiger partial charge in [-0.25, -0.2) is 0 Å². The van der Waals surface area contributed by atoms with E-state index in [-0.39, 0.29) is 0 Å². The van der Waals surface area contributed by atoms with E-state index in [9.17, 15) is 0 Å². The molecule has 0 aromatic rings. The van der Waals surface area contributed by atoms with E-state index in [1.54, 1.807) is 0 Å². The molecule has 0 bridgehead atoms. The maximum atomic E-state index is 3.57. The van der Waals surface area contributed by atoms with E-state index in [1.165, 1.54) is 38.8 Å². The second kappa shape index (κ2) is 7.29. The lowest BCUT2D eigenvalue weighted by atomic mass is 9.89. The zero-order valence-electron chi connectivity index (χ0n) is 11.6. The van der Waals surface area contributed by atoms with Crippen LogP contribution >= 0.6 is 0 Å². The summed E-state index contributed by atoms with van der Waals surface area (Å²) < 4.78 is 0. The number of nitrogens with one attached hydrogen (secondary N) is 1. The average Bonchev–Trinajstić information content (AvgIpc) is 2.30. The van der Waals surface area contributed by atoms with Crippen LogP contribution in [0.15, 0.2) is 0 Å². The first-order chi connectivity index (χ1) is 7.69. The number of nitrogens with zero attached hydrogens (tertiary/aromatic N) is 1. The maximum absolute atomic E-state index is 3.57. The first-order valence-electron chi connectivity index (χ1n) is 7.16. The smallest absolute Gasteiger partial charge is 0.00678 e. The topological polar surface area (TPSA) is 15.3 Å². The monoisotopic (exact) mass is 226 g/mol. The zero-order chi connectivity index (χ0) is 12.0. The van der Waals surface area contributed by atoms with Crippen LogP contribution in [0.1, 0.15) is 53.4 Å². The second-order valence-corrected chi connectivity index (χ2v) is 5.36. The molecule has 16 heavy (non-hydrogen) atoms. The van der Waals surface area contributed by atoms with Gasteiger partial charge in [-0.1, -0.05) is 20.3 Å². The van der Waals surface area contributed by atoms with Crippen LogP contribution in [-0.4, -0.2) is 36.6 Å². The normalized spacial score (nSPS) is 23.2. The molecule has 1 fully saturated rings. The molecule has 96 valence electrons. The number of hydrogen-bond acceptors (Lipinski definition) is 2. The standard InChI is InChI=1S/C14H30N2/c1-5-7-12(3)16-10-8-14(9-11-16)13(4)15-6-2/h12-15H,5-11H2,1-4H3. The lowest BCUT2D eigenvalue weighted by molar-refractivity contribution is 0.121. The SMILES string of the molecule is CCCC(C)N1CCC(C(C)NCC)CC1. The van der Waals surface area contributed by atoms with Crippen molar-refractivity contribution in [2.24, 2.45) is 5.92 Å². The summed E-state index contributed by atoms with van der Waals surface area (Å²) in [7, 11) is 0. The van der Waals surface area contributed by atoms with E-state index in [0.717, 1.165) is 18.5 Å². The van der Waals surface area contributed by atoms with E-state index in [4.69, 9.17) is 0 Å². The lowest BCUT2D eigenvalue weighted by Gasteiger charge is -2.38. The Bertz CT molecular complexity index is 154. The Hall–Kier alpha value is -0.0800. The van der Waals surface area contributed by atoms with Crippen LogP contribution in [0.5, 0.6) is 0 Å². The van der Waals surface area contributed by atoms with Gasteiger partial charge >= 0.3 is 0 Å². The molecule has 2 unspecified atom stereocenters. The number of hydrogen-bond donors (Lipinski definition) is 1. The molecule has 0 amide bonds. The third-order valence-corrected chi connectivity index (χ3v) is 4.14. The fraction of sp³-hybridized carbons (Fsp3) is 1.00. The fourth-order valence-electron chi connectivity index (χ4n) is 2.95. The Labute approximate surface area is 102 Å². The van der Waals surface area contributed by atoms with Gasteiger partial charge in [0.05, 0.1) is 0 Å². The third kappa shape index (κ3) is 4.06. The van der Waals surface area contributed by atoms with Crippen LogP contribution in [0.4, 0.5) is 0 Å². The Morgan fingerprint density at radius 3 is 2.31 bits per heavy atom. The predicted molar refractivity (Wildman–Crippen MR) is 71.8 cm³/mol. The number of piperidine rings is 1. The van der Waals surface area contributed by atoms with Crippen molar-refractivity contribution < 1.29 is 0 Å². The van der Waals surface area contributed by atoms with E-state index >= 15 is 0 Å². The molecule has 0 aromatic carbocycles. The van der Waals surface area contributed by atoms with Crippen molar-refractivity contribution in [2.75, 3.05) is 19.6 Å². The molecule has 1 saturated heterocycles. The molecule has 1 N–H and O–H groups in total. The van der Waals surface area contributed by atoms with Gasteiger partial charge in [0, 0.05) is 12.1 Å². The van der Waals surface area contributed by atoms with E-state index in [1.807, 2.05) is 0 Å². The van der Waals surface area contributed by atoms with Gasteiger partial charge in [0.2, 0.25) is 0 Å². The first-order valence-corrected chi connectivity index (χ1v) is 7.16. The minimum atomic E-state index is 0.702. The predicted octanol–water partition coefficient (Wildman–Crippen LogP) is 2.89. The summed E-state index contributed by atoms with van der Waals surface area (Å²) in [6, 6.07) is 1.49. The molecule has 2 nitrogen and oxygen atoms in total. The molecular formula is C14H30N2. The van der Waals surface area contributed by atoms with Crippen LogP contribution < -0.4 is 5.32 Å². The van der Waals surface area contributed by atoms with Crippen molar-refractivity contribution in [2.45, 2.75) is 65.5 Å². The van der Waals surface area contributed by atoms with Crippen molar-refractivity contribution in [1.29, 1.82) is 0 Å². The number of rotatable bonds is 6. The van der Waals surface area contributed by atoms with Gasteiger partial charge in [-0.2, -0.15) is 0 Å². The number of likely N-dealkylation sites (tertiary alicyclic amines) is 1. The quantitative estimate of drug-likeness (QED) is 0.749. The summed E-state index contributed by atoms with van der Waals surface area (Å²) in [6.45, 7) is 12.9. The molecule has 1 aliphatic heterocycles. The largest absolute Gasteiger partial charge is 0.314 e. The zero-order valence-corrected chi connectivity index (χ0v) is 11.6. The lowest BCUT2D eigenvalue weighted by Crippen LogP contribution is -2.44. The fourth-order valence-corrected chi connectivity index (χ4v) is 2.95. The van der Waals surface area contributed by atoms with Gasteiger partial charge in [0.15, 0.2) is 0 Å². The van der Waals surface area contributed by atoms with Crippen molar-refractivity contribution in [3.8, 4) is 0 Å². The summed E-state index contributed by atoms with van der Waals surface area (Å²) in [5.74, 6) is 0.894. The minimum Gasteiger partial charge on any atom is -0.314 e. The summed E-state index contributed by atoms with van der Waals surface area (Å²) in [5, 5.41) is 3.57. The van der Waals surface area contributed by atoms with Gasteiger partial charge < -0.3 is 10.2 Å². The molecule has 0 saturated carbocycles. The average molecular weight is 226 g/mol. The maximum Gasteiger partial charge on any atom is 0.00678 e. The first kappa shape index (κ1) is 14.0. The second-order valence-electron chi connectivity index (χ2n) is 5.36. The molecule has 0 aliphatic carbocycles. The molecule has 0 aromatic heterocycles. The molecule has 1 heterocycles. The Morgan fingerprint density at radius 1 is 1.19 bits per heavy atom. The van der Waals surface area contributed by atoms with Gasteiger partial charge in [-0.05, 0) is 58.7 Å². The highest BCUT2D eigenvalue weighted by Gasteiger charge is 2.25. The summed E-state index contributed by atoms with van der Waals surface area (Å²) in [6.07, 6.45) is 5.42. The highest BCUT2D eigenvalue weighted by molar-refractivity contribution is 4.81. The molecule has 1 aliphatic rings. The van der Waals surface area contributed by atoms with Gasteiger partial charge in [0.25, 0.3) is 0 Å². The molecule has 0 spiro atoms. The Balaban J connectivity index is 2.27. The molecular weight excluding hydrogens is 196 g/mol. The summed E-state index contributed by atoms with van der Waals surface area (Å²) in [5.41, 5.74) is 0. The summed E-state index contributed by atoms with van der Waals surface area (Å²) >= 11 is 0. The Kier molecular flexibility index (Phi) is 6.37. The van der Waals surface area contributed by atoms with Gasteiger partial charge in [0.1, 0.15) is 0 Å². The molecule has 2 atom stereocenters. The van der Waals surface area contributed by atoms with E-state index in [0.29, 0.717) is 6.04 Å². The van der Waals surface area contributed by atoms with Crippen molar-refractivity contribution >= 4 is 0 Å². The van der Waals surface area contributed by atoms with Crippen molar-refractivity contribution in [1.82, 2.24) is 10.2 Å². The van der Waals surface area contributed by atoms with Crippen LogP contribution in [-0.2, 0) is 0 Å². The van der Waals surface area contributed by atoms with Crippen molar-refractivity contribution in [3.63, 3.8) is 0 Å². The molecule has 0 radical (unpaired) electrons. The van der Waals surface area contributed by atoms with E-state index < -0.39 is 0 Å². The van der Waals surface area contributed by atoms with Crippen LogP contribution in [0, 0.1) is 5.92 Å². The summed E-state index contributed by atoms with van der Waals surface area (Å²) in [4.78, 5) is 2.68. The minimum absolute atomic E-state index is 0.702. The van der Waals surface area contributed by atoms with Crippen molar-refractivity contribution in [3.05, 3.63) is 0 Å². The van der Waals surface area contributed by atoms with Gasteiger partial charge in [-0.3, -0.25) is 0 Å². The third-order valence-electron chi connectivity index (χ3n) is 4.14. The molecule has 1 rings (SSSR count). The Morgan fingerprint density at radius 2 is 1.81 bits per heavy atom. The van der Waals surface area contributed by atoms with E-state index in [2.05, 4.69) is 37.9 Å². The highest BCUT2D eigenvalue weighted by Crippen LogP contribution is 2.23. The highest BCUT2D eigenvalue weighted by atomic mass is 15.2.